The Balaban J connectivity index is 1.20. The lowest BCUT2D eigenvalue weighted by Gasteiger charge is -2.26. The van der Waals surface area contributed by atoms with Gasteiger partial charge in [-0.05, 0) is 57.0 Å². The first-order valence-electron chi connectivity index (χ1n) is 15.5. The minimum Gasteiger partial charge on any atom is -0.462 e. The molecule has 16 heteroatoms. The van der Waals surface area contributed by atoms with E-state index in [0.717, 1.165) is 5.56 Å². The molecule has 0 amide bonds. The number of nitrogens with one attached hydrogen (secondary N) is 2. The number of hydrogen-bond donors (Lipinski definition) is 3. The van der Waals surface area contributed by atoms with Crippen LogP contribution in [0.1, 0.15) is 39.5 Å². The number of para-hydroxylation sites is 1. The second kappa shape index (κ2) is 13.3. The Kier molecular flexibility index (Phi) is 9.51. The van der Waals surface area contributed by atoms with Gasteiger partial charge in [0, 0.05) is 12.5 Å². The number of anilines is 1. The summed E-state index contributed by atoms with van der Waals surface area (Å²) >= 11 is 6.27. The number of aromatic nitrogens is 4. The molecule has 3 heterocycles. The van der Waals surface area contributed by atoms with Crippen molar-refractivity contribution in [1.82, 2.24) is 24.6 Å². The molecule has 2 fully saturated rings. The highest BCUT2D eigenvalue weighted by Gasteiger charge is 2.85. The van der Waals surface area contributed by atoms with Crippen LogP contribution in [0.4, 0.5) is 10.2 Å². The zero-order valence-electron chi connectivity index (χ0n) is 26.7. The van der Waals surface area contributed by atoms with Gasteiger partial charge in [0.25, 0.3) is 0 Å². The average molecular weight is 703 g/mol. The Hall–Kier alpha value is -3.65. The second-order valence-electron chi connectivity index (χ2n) is 12.3. The van der Waals surface area contributed by atoms with E-state index in [-0.39, 0.29) is 23.3 Å². The van der Waals surface area contributed by atoms with Crippen LogP contribution in [0, 0.1) is 11.3 Å². The number of aliphatic hydroxyl groups excluding tert-OH is 1. The van der Waals surface area contributed by atoms with Crippen molar-refractivity contribution < 1.29 is 37.4 Å². The van der Waals surface area contributed by atoms with Gasteiger partial charge in [-0.3, -0.25) is 13.9 Å². The topological polar surface area (TPSA) is 159 Å². The minimum atomic E-state index is -4.24. The number of benzene rings is 2. The fourth-order valence-electron chi connectivity index (χ4n) is 6.36. The molecule has 1 saturated heterocycles. The van der Waals surface area contributed by atoms with Crippen molar-refractivity contribution in [2.45, 2.75) is 64.4 Å². The third-order valence-corrected chi connectivity index (χ3v) is 10.7. The van der Waals surface area contributed by atoms with E-state index in [1.54, 1.807) is 51.1 Å². The van der Waals surface area contributed by atoms with Crippen molar-refractivity contribution in [3.05, 3.63) is 77.8 Å². The van der Waals surface area contributed by atoms with Crippen molar-refractivity contribution in [2.24, 2.45) is 11.3 Å². The van der Waals surface area contributed by atoms with Crippen LogP contribution in [0.15, 0.2) is 67.0 Å². The molecule has 2 aromatic carbocycles. The molecule has 3 N–H and O–H groups in total. The van der Waals surface area contributed by atoms with E-state index in [2.05, 4.69) is 25.4 Å². The van der Waals surface area contributed by atoms with Crippen molar-refractivity contribution in [3.63, 3.8) is 0 Å². The van der Waals surface area contributed by atoms with Gasteiger partial charge in [0.2, 0.25) is 5.28 Å². The molecule has 0 radical (unpaired) electrons. The minimum absolute atomic E-state index is 0.0686. The van der Waals surface area contributed by atoms with E-state index < -0.39 is 61.8 Å². The molecule has 4 unspecified atom stereocenters. The number of alkyl halides is 1. The summed E-state index contributed by atoms with van der Waals surface area (Å²) in [7, 11) is -4.24. The summed E-state index contributed by atoms with van der Waals surface area (Å²) in [6, 6.07) is 16.9. The Morgan fingerprint density at radius 3 is 2.48 bits per heavy atom. The number of imidazole rings is 1. The highest BCUT2D eigenvalue weighted by atomic mass is 35.5. The first-order chi connectivity index (χ1) is 22.9. The Morgan fingerprint density at radius 2 is 1.83 bits per heavy atom. The van der Waals surface area contributed by atoms with Crippen molar-refractivity contribution in [1.29, 1.82) is 0 Å². The molecule has 256 valence electrons. The van der Waals surface area contributed by atoms with Gasteiger partial charge in [-0.25, -0.2) is 13.9 Å². The van der Waals surface area contributed by atoms with E-state index in [4.69, 9.17) is 30.1 Å². The lowest BCUT2D eigenvalue weighted by atomic mass is 9.96. The molecule has 2 aliphatic rings. The molecule has 4 aromatic rings. The number of ether oxygens (including phenoxy) is 2. The molecule has 1 aliphatic heterocycles. The highest BCUT2D eigenvalue weighted by molar-refractivity contribution is 7.52. The maximum atomic E-state index is 16.6. The van der Waals surface area contributed by atoms with Crippen molar-refractivity contribution in [2.75, 3.05) is 18.5 Å². The summed E-state index contributed by atoms with van der Waals surface area (Å²) in [6.07, 6.45) is -1.97. The fraction of sp³-hybridized carbons (Fsp3) is 0.438. The number of fused-ring (bicyclic) bond motifs is 2. The highest BCUT2D eigenvalue weighted by Crippen LogP contribution is 2.74. The van der Waals surface area contributed by atoms with Crippen LogP contribution >= 0.6 is 19.3 Å². The molecular weight excluding hydrogens is 666 g/mol. The Labute approximate surface area is 281 Å². The van der Waals surface area contributed by atoms with Gasteiger partial charge in [0.15, 0.2) is 29.4 Å². The SMILES string of the molecule is CC(C)OC(=O)[C@H](C)NP(=O)(OC[C@H]1C2(C)O[C@@H](n3cnc4c(NCc5ccccc5)nc(Cl)nc43)C(F)C12CO)Oc1ccccc1. The number of carbonyl (C=O) groups is 1. The summed E-state index contributed by atoms with van der Waals surface area (Å²) < 4.78 is 55.1. The van der Waals surface area contributed by atoms with Crippen LogP contribution in [0.3, 0.4) is 0 Å². The van der Waals surface area contributed by atoms with E-state index in [0.29, 0.717) is 17.9 Å². The molecule has 1 aliphatic carbocycles. The largest absolute Gasteiger partial charge is 0.462 e. The maximum absolute atomic E-state index is 16.6. The van der Waals surface area contributed by atoms with Crippen LogP contribution in [-0.2, 0) is 29.9 Å². The van der Waals surface area contributed by atoms with Gasteiger partial charge in [-0.1, -0.05) is 48.5 Å². The first kappa shape index (κ1) is 34.2. The van der Waals surface area contributed by atoms with Crippen LogP contribution in [0.25, 0.3) is 11.2 Å². The van der Waals surface area contributed by atoms with Gasteiger partial charge >= 0.3 is 13.7 Å². The molecule has 0 bridgehead atoms. The molecule has 1 saturated carbocycles. The quantitative estimate of drug-likeness (QED) is 0.0867. The van der Waals surface area contributed by atoms with Gasteiger partial charge in [-0.15, -0.1) is 0 Å². The van der Waals surface area contributed by atoms with Crippen LogP contribution < -0.4 is 14.9 Å². The third kappa shape index (κ3) is 6.28. The normalized spacial score (nSPS) is 26.5. The summed E-state index contributed by atoms with van der Waals surface area (Å²) in [5.41, 5.74) is -1.03. The lowest BCUT2D eigenvalue weighted by molar-refractivity contribution is -0.149. The first-order valence-corrected chi connectivity index (χ1v) is 17.4. The number of hydrogen-bond acceptors (Lipinski definition) is 11. The third-order valence-electron chi connectivity index (χ3n) is 8.91. The molecule has 2 aromatic heterocycles. The number of carbonyl (C=O) groups excluding carboxylic acids is 1. The van der Waals surface area contributed by atoms with Crippen LogP contribution in [-0.4, -0.2) is 67.7 Å². The number of halogens is 2. The summed E-state index contributed by atoms with van der Waals surface area (Å²) in [5, 5.41) is 16.4. The molecule has 7 atom stereocenters. The molecule has 13 nitrogen and oxygen atoms in total. The smallest absolute Gasteiger partial charge is 0.459 e. The Bertz CT molecular complexity index is 1820. The van der Waals surface area contributed by atoms with Crippen molar-refractivity contribution >= 4 is 42.3 Å². The van der Waals surface area contributed by atoms with Gasteiger partial charge in [-0.2, -0.15) is 15.1 Å². The summed E-state index contributed by atoms with van der Waals surface area (Å²) in [4.78, 5) is 25.5. The van der Waals surface area contributed by atoms with Gasteiger partial charge in [0.05, 0.1) is 36.7 Å². The van der Waals surface area contributed by atoms with Crippen molar-refractivity contribution in [3.8, 4) is 5.75 Å². The summed E-state index contributed by atoms with van der Waals surface area (Å²) in [6.45, 7) is 6.06. The zero-order valence-corrected chi connectivity index (χ0v) is 28.4. The van der Waals surface area contributed by atoms with E-state index in [1.807, 2.05) is 30.3 Å². The molecular formula is C32H37ClFN6O7P. The van der Waals surface area contributed by atoms with Crippen LogP contribution in [0.5, 0.6) is 5.75 Å². The standard InChI is InChI=1S/C32H37ClFN6O7P/c1-19(2)45-29(42)20(3)39-48(43,47-22-13-9-6-10-14-22)44-16-23-31(4)32(23,17-41)25(34)28(46-31)40-18-36-24-26(37-30(33)38-27(24)40)35-15-21-11-7-5-8-12-21/h5-14,18-20,23,25,28,41H,15-17H2,1-4H3,(H,39,43)(H,35,37,38)/t20-,23-,25?,28+,31?,32?,48?/m0/s1. The number of nitrogens with zero attached hydrogens (tertiary/aromatic N) is 4. The number of esters is 1. The van der Waals surface area contributed by atoms with Gasteiger partial charge < -0.3 is 24.4 Å². The fourth-order valence-corrected chi connectivity index (χ4v) is 8.03. The predicted molar refractivity (Wildman–Crippen MR) is 175 cm³/mol. The monoisotopic (exact) mass is 702 g/mol. The molecule has 0 spiro atoms. The zero-order chi connectivity index (χ0) is 34.3. The summed E-state index contributed by atoms with van der Waals surface area (Å²) in [5.74, 6) is -0.794. The molecule has 6 rings (SSSR count). The average Bonchev–Trinajstić information content (AvgIpc) is 3.23. The van der Waals surface area contributed by atoms with Gasteiger partial charge in [0.1, 0.15) is 11.8 Å². The molecule has 48 heavy (non-hydrogen) atoms. The number of aliphatic hydroxyl groups is 1. The van der Waals surface area contributed by atoms with E-state index >= 15 is 4.39 Å². The van der Waals surface area contributed by atoms with Crippen LogP contribution in [0.2, 0.25) is 5.28 Å². The van der Waals surface area contributed by atoms with E-state index in [1.165, 1.54) is 17.8 Å². The van der Waals surface area contributed by atoms with E-state index in [9.17, 15) is 14.5 Å². The maximum Gasteiger partial charge on any atom is 0.459 e. The lowest BCUT2D eigenvalue weighted by Crippen LogP contribution is -2.36. The Morgan fingerprint density at radius 1 is 1.15 bits per heavy atom. The number of rotatable bonds is 14. The predicted octanol–water partition coefficient (Wildman–Crippen LogP) is 5.46. The second-order valence-corrected chi connectivity index (χ2v) is 14.3.